The average Bonchev–Trinajstić information content (AvgIpc) is 2.76. The zero-order valence-corrected chi connectivity index (χ0v) is 10.4. The van der Waals surface area contributed by atoms with Crippen LogP contribution >= 0.6 is 11.6 Å². The number of rotatable bonds is 3. The van der Waals surface area contributed by atoms with Gasteiger partial charge in [-0.2, -0.15) is 0 Å². The summed E-state index contributed by atoms with van der Waals surface area (Å²) in [5.74, 6) is -1.06. The molecule has 1 aliphatic rings. The first kappa shape index (κ1) is 12.8. The number of hydrogen-bond donors (Lipinski definition) is 0. The quantitative estimate of drug-likeness (QED) is 0.745. The molecule has 0 N–H and O–H groups in total. The maximum Gasteiger partial charge on any atom is 0.130 e. The minimum Gasteiger partial charge on any atom is -0.378 e. The van der Waals surface area contributed by atoms with Gasteiger partial charge in [0.25, 0.3) is 0 Å². The predicted octanol–water partition coefficient (Wildman–Crippen LogP) is 4.06. The van der Waals surface area contributed by atoms with Crippen LogP contribution in [-0.2, 0) is 4.74 Å². The SMILES string of the molecule is CCC1OCCC1C(Cl)c1ccc(F)cc1F. The Morgan fingerprint density at radius 2 is 2.24 bits per heavy atom. The third-order valence-corrected chi connectivity index (χ3v) is 3.86. The molecule has 3 atom stereocenters. The summed E-state index contributed by atoms with van der Waals surface area (Å²) in [6, 6.07) is 3.54. The molecule has 17 heavy (non-hydrogen) atoms. The standard InChI is InChI=1S/C13H15ClF2O/c1-2-12-10(5-6-17-12)13(14)9-4-3-8(15)7-11(9)16/h3-4,7,10,12-13H,2,5-6H2,1H3. The van der Waals surface area contributed by atoms with Crippen LogP contribution in [0.3, 0.4) is 0 Å². The molecule has 1 aliphatic heterocycles. The second-order valence-electron chi connectivity index (χ2n) is 4.34. The van der Waals surface area contributed by atoms with E-state index in [9.17, 15) is 8.78 Å². The molecule has 0 bridgehead atoms. The Kier molecular flexibility index (Phi) is 4.00. The van der Waals surface area contributed by atoms with Crippen LogP contribution < -0.4 is 0 Å². The van der Waals surface area contributed by atoms with Crippen LogP contribution in [0.15, 0.2) is 18.2 Å². The highest BCUT2D eigenvalue weighted by Crippen LogP contribution is 2.40. The lowest BCUT2D eigenvalue weighted by atomic mass is 9.91. The molecule has 0 aliphatic carbocycles. The van der Waals surface area contributed by atoms with Crippen molar-refractivity contribution in [2.24, 2.45) is 5.92 Å². The van der Waals surface area contributed by atoms with Crippen LogP contribution in [0.4, 0.5) is 8.78 Å². The summed E-state index contributed by atoms with van der Waals surface area (Å²) in [5, 5.41) is -0.456. The van der Waals surface area contributed by atoms with Gasteiger partial charge in [0.05, 0.1) is 11.5 Å². The number of ether oxygens (including phenoxy) is 1. The maximum absolute atomic E-state index is 13.6. The van der Waals surface area contributed by atoms with Crippen molar-refractivity contribution >= 4 is 11.6 Å². The smallest absolute Gasteiger partial charge is 0.130 e. The topological polar surface area (TPSA) is 9.23 Å². The Bertz CT molecular complexity index is 397. The second kappa shape index (κ2) is 5.32. The van der Waals surface area contributed by atoms with Gasteiger partial charge in [-0.15, -0.1) is 11.6 Å². The van der Waals surface area contributed by atoms with E-state index in [0.29, 0.717) is 12.2 Å². The van der Waals surface area contributed by atoms with Crippen molar-refractivity contribution in [2.45, 2.75) is 31.2 Å². The number of benzene rings is 1. The van der Waals surface area contributed by atoms with E-state index < -0.39 is 17.0 Å². The summed E-state index contributed by atoms with van der Waals surface area (Å²) in [4.78, 5) is 0. The summed E-state index contributed by atoms with van der Waals surface area (Å²) in [5.41, 5.74) is 0.363. The van der Waals surface area contributed by atoms with E-state index in [-0.39, 0.29) is 12.0 Å². The highest BCUT2D eigenvalue weighted by molar-refractivity contribution is 6.21. The van der Waals surface area contributed by atoms with E-state index in [4.69, 9.17) is 16.3 Å². The van der Waals surface area contributed by atoms with E-state index in [1.807, 2.05) is 6.92 Å². The average molecular weight is 261 g/mol. The molecule has 94 valence electrons. The first-order valence-electron chi connectivity index (χ1n) is 5.84. The molecular weight excluding hydrogens is 246 g/mol. The van der Waals surface area contributed by atoms with Crippen LogP contribution in [0.25, 0.3) is 0 Å². The van der Waals surface area contributed by atoms with E-state index in [1.54, 1.807) is 0 Å². The Morgan fingerprint density at radius 1 is 1.47 bits per heavy atom. The molecule has 1 saturated heterocycles. The molecule has 4 heteroatoms. The summed E-state index contributed by atoms with van der Waals surface area (Å²) >= 11 is 6.30. The molecule has 0 saturated carbocycles. The first-order valence-corrected chi connectivity index (χ1v) is 6.27. The van der Waals surface area contributed by atoms with Crippen molar-refractivity contribution in [3.05, 3.63) is 35.4 Å². The fraction of sp³-hybridized carbons (Fsp3) is 0.538. The van der Waals surface area contributed by atoms with Gasteiger partial charge in [-0.3, -0.25) is 0 Å². The lowest BCUT2D eigenvalue weighted by Crippen LogP contribution is -2.19. The molecule has 0 spiro atoms. The van der Waals surface area contributed by atoms with Gasteiger partial charge in [0.2, 0.25) is 0 Å². The summed E-state index contributed by atoms with van der Waals surface area (Å²) in [7, 11) is 0. The van der Waals surface area contributed by atoms with Crippen molar-refractivity contribution in [3.8, 4) is 0 Å². The van der Waals surface area contributed by atoms with Crippen molar-refractivity contribution in [1.29, 1.82) is 0 Å². The number of halogens is 3. The fourth-order valence-corrected chi connectivity index (χ4v) is 2.84. The van der Waals surface area contributed by atoms with Crippen molar-refractivity contribution in [2.75, 3.05) is 6.61 Å². The van der Waals surface area contributed by atoms with Crippen molar-refractivity contribution < 1.29 is 13.5 Å². The van der Waals surface area contributed by atoms with E-state index in [0.717, 1.165) is 18.9 Å². The van der Waals surface area contributed by atoms with Crippen LogP contribution in [0.5, 0.6) is 0 Å². The maximum atomic E-state index is 13.6. The monoisotopic (exact) mass is 260 g/mol. The molecule has 3 unspecified atom stereocenters. The summed E-state index contributed by atoms with van der Waals surface area (Å²) in [6.45, 7) is 2.68. The van der Waals surface area contributed by atoms with E-state index in [2.05, 4.69) is 0 Å². The molecule has 0 radical (unpaired) electrons. The van der Waals surface area contributed by atoms with Gasteiger partial charge in [0, 0.05) is 24.2 Å². The van der Waals surface area contributed by atoms with E-state index in [1.165, 1.54) is 12.1 Å². The van der Waals surface area contributed by atoms with Gasteiger partial charge in [-0.05, 0) is 18.9 Å². The summed E-state index contributed by atoms with van der Waals surface area (Å²) < 4.78 is 32.0. The zero-order chi connectivity index (χ0) is 12.4. The van der Waals surface area contributed by atoms with Gasteiger partial charge in [0.1, 0.15) is 11.6 Å². The van der Waals surface area contributed by atoms with Crippen molar-refractivity contribution in [1.82, 2.24) is 0 Å². The Balaban J connectivity index is 2.21. The van der Waals surface area contributed by atoms with Crippen LogP contribution in [0.1, 0.15) is 30.7 Å². The fourth-order valence-electron chi connectivity index (χ4n) is 2.38. The largest absolute Gasteiger partial charge is 0.378 e. The summed E-state index contributed by atoms with van der Waals surface area (Å²) in [6.07, 6.45) is 1.75. The minimum atomic E-state index is -0.579. The normalized spacial score (nSPS) is 26.1. The number of hydrogen-bond acceptors (Lipinski definition) is 1. The molecule has 1 aromatic rings. The first-order chi connectivity index (χ1) is 8.13. The Hall–Kier alpha value is -0.670. The lowest BCUT2D eigenvalue weighted by molar-refractivity contribution is 0.0862. The van der Waals surface area contributed by atoms with Gasteiger partial charge in [-0.25, -0.2) is 8.78 Å². The van der Waals surface area contributed by atoms with Crippen molar-refractivity contribution in [3.63, 3.8) is 0 Å². The van der Waals surface area contributed by atoms with Gasteiger partial charge < -0.3 is 4.74 Å². The lowest BCUT2D eigenvalue weighted by Gasteiger charge is -2.22. The van der Waals surface area contributed by atoms with Crippen LogP contribution in [0.2, 0.25) is 0 Å². The Labute approximate surface area is 105 Å². The highest BCUT2D eigenvalue weighted by Gasteiger charge is 2.34. The van der Waals surface area contributed by atoms with Crippen LogP contribution in [-0.4, -0.2) is 12.7 Å². The van der Waals surface area contributed by atoms with Crippen LogP contribution in [0, 0.1) is 17.6 Å². The molecule has 0 aromatic heterocycles. The molecule has 1 heterocycles. The minimum absolute atomic E-state index is 0.0713. The van der Waals surface area contributed by atoms with Gasteiger partial charge >= 0.3 is 0 Å². The van der Waals surface area contributed by atoms with E-state index >= 15 is 0 Å². The molecule has 1 fully saturated rings. The molecule has 2 rings (SSSR count). The predicted molar refractivity (Wildman–Crippen MR) is 63.1 cm³/mol. The molecule has 0 amide bonds. The molecule has 1 nitrogen and oxygen atoms in total. The zero-order valence-electron chi connectivity index (χ0n) is 9.63. The molecular formula is C13H15ClF2O. The number of alkyl halides is 1. The third-order valence-electron chi connectivity index (χ3n) is 3.30. The van der Waals surface area contributed by atoms with Gasteiger partial charge in [-0.1, -0.05) is 13.0 Å². The molecule has 1 aromatic carbocycles. The van der Waals surface area contributed by atoms with Gasteiger partial charge in [0.15, 0.2) is 0 Å². The highest BCUT2D eigenvalue weighted by atomic mass is 35.5. The third kappa shape index (κ3) is 2.61. The Morgan fingerprint density at radius 3 is 2.88 bits per heavy atom. The second-order valence-corrected chi connectivity index (χ2v) is 4.81.